The molecule has 1 aromatic rings. The number of benzene rings is 1. The van der Waals surface area contributed by atoms with Gasteiger partial charge in [-0.2, -0.15) is 0 Å². The van der Waals surface area contributed by atoms with Crippen LogP contribution in [0.4, 0.5) is 0 Å². The quantitative estimate of drug-likeness (QED) is 0.548. The fraction of sp³-hybridized carbons (Fsp3) is 0.167. The van der Waals surface area contributed by atoms with Crippen LogP contribution in [0.25, 0.3) is 6.08 Å². The summed E-state index contributed by atoms with van der Waals surface area (Å²) in [4.78, 5) is 0. The molecule has 0 amide bonds. The lowest BCUT2D eigenvalue weighted by Crippen LogP contribution is -1.76. The Balaban J connectivity index is 2.87. The van der Waals surface area contributed by atoms with Crippen LogP contribution in [0.2, 0.25) is 0 Å². The van der Waals surface area contributed by atoms with Crippen molar-refractivity contribution in [2.45, 2.75) is 13.8 Å². The molecular weight excluding hydrogens is 144 g/mol. The molecule has 1 rings (SSSR count). The molecule has 0 fully saturated rings. The molecule has 12 heavy (non-hydrogen) atoms. The Bertz CT molecular complexity index is 335. The summed E-state index contributed by atoms with van der Waals surface area (Å²) in [6.45, 7) is 3.93. The summed E-state index contributed by atoms with van der Waals surface area (Å²) >= 11 is 0. The second-order valence-electron chi connectivity index (χ2n) is 2.58. The van der Waals surface area contributed by atoms with Crippen molar-refractivity contribution in [2.24, 2.45) is 0 Å². The lowest BCUT2D eigenvalue weighted by Gasteiger charge is -1.96. The van der Waals surface area contributed by atoms with Crippen molar-refractivity contribution in [3.8, 4) is 11.8 Å². The fourth-order valence-corrected chi connectivity index (χ4v) is 0.989. The smallest absolute Gasteiger partial charge is 0.00235 e. The van der Waals surface area contributed by atoms with E-state index in [9.17, 15) is 0 Å². The first-order valence-electron chi connectivity index (χ1n) is 3.99. The van der Waals surface area contributed by atoms with Gasteiger partial charge in [-0.25, -0.2) is 0 Å². The van der Waals surface area contributed by atoms with Crippen LogP contribution in [-0.2, 0) is 0 Å². The minimum atomic E-state index is 1.24. The Kier molecular flexibility index (Phi) is 3.17. The highest BCUT2D eigenvalue weighted by molar-refractivity contribution is 5.55. The molecule has 0 spiro atoms. The van der Waals surface area contributed by atoms with Crippen molar-refractivity contribution in [3.05, 3.63) is 41.5 Å². The molecule has 0 aliphatic carbocycles. The number of hydrogen-bond acceptors (Lipinski definition) is 0. The van der Waals surface area contributed by atoms with E-state index in [0.717, 1.165) is 0 Å². The minimum Gasteiger partial charge on any atom is -0.102 e. The second kappa shape index (κ2) is 4.41. The van der Waals surface area contributed by atoms with E-state index in [1.165, 1.54) is 11.1 Å². The van der Waals surface area contributed by atoms with Gasteiger partial charge in [-0.3, -0.25) is 0 Å². The first kappa shape index (κ1) is 8.62. The van der Waals surface area contributed by atoms with E-state index in [1.54, 1.807) is 0 Å². The molecule has 1 aromatic carbocycles. The fourth-order valence-electron chi connectivity index (χ4n) is 0.989. The highest BCUT2D eigenvalue weighted by Crippen LogP contribution is 2.07. The van der Waals surface area contributed by atoms with Gasteiger partial charge in [-0.1, -0.05) is 30.2 Å². The summed E-state index contributed by atoms with van der Waals surface area (Å²) < 4.78 is 0. The molecule has 0 bridgehead atoms. The molecule has 0 aromatic heterocycles. The largest absolute Gasteiger partial charge is 0.102 e. The molecule has 0 saturated heterocycles. The van der Waals surface area contributed by atoms with E-state index in [4.69, 9.17) is 0 Å². The maximum Gasteiger partial charge on any atom is -0.00235 e. The van der Waals surface area contributed by atoms with Gasteiger partial charge < -0.3 is 0 Å². The van der Waals surface area contributed by atoms with Crippen LogP contribution < -0.4 is 0 Å². The van der Waals surface area contributed by atoms with Gasteiger partial charge in [0.25, 0.3) is 0 Å². The Morgan fingerprint density at radius 1 is 1.25 bits per heavy atom. The summed E-state index contributed by atoms with van der Waals surface area (Å²) in [5.74, 6) is 5.71. The molecule has 0 saturated carbocycles. The minimum absolute atomic E-state index is 1.24. The Labute approximate surface area is 73.9 Å². The third-order valence-corrected chi connectivity index (χ3v) is 1.68. The molecule has 60 valence electrons. The normalized spacial score (nSPS) is 9.50. The Morgan fingerprint density at radius 2 is 2.00 bits per heavy atom. The van der Waals surface area contributed by atoms with Crippen LogP contribution in [0.3, 0.4) is 0 Å². The van der Waals surface area contributed by atoms with E-state index < -0.39 is 0 Å². The van der Waals surface area contributed by atoms with Crippen molar-refractivity contribution in [2.75, 3.05) is 0 Å². The van der Waals surface area contributed by atoms with Gasteiger partial charge in [0, 0.05) is 0 Å². The summed E-state index contributed by atoms with van der Waals surface area (Å²) in [7, 11) is 0. The van der Waals surface area contributed by atoms with E-state index in [2.05, 4.69) is 30.9 Å². The van der Waals surface area contributed by atoms with Crippen molar-refractivity contribution in [1.29, 1.82) is 0 Å². The van der Waals surface area contributed by atoms with E-state index in [-0.39, 0.29) is 0 Å². The molecule has 0 atom stereocenters. The Hall–Kier alpha value is -1.48. The SMILES string of the molecule is CC#CC=Cc1ccccc1C. The van der Waals surface area contributed by atoms with Gasteiger partial charge in [-0.15, -0.1) is 5.92 Å². The zero-order valence-corrected chi connectivity index (χ0v) is 7.46. The van der Waals surface area contributed by atoms with Gasteiger partial charge in [0.15, 0.2) is 0 Å². The van der Waals surface area contributed by atoms with Crippen molar-refractivity contribution < 1.29 is 0 Å². The van der Waals surface area contributed by atoms with Crippen molar-refractivity contribution in [1.82, 2.24) is 0 Å². The van der Waals surface area contributed by atoms with Gasteiger partial charge >= 0.3 is 0 Å². The number of aryl methyl sites for hydroxylation is 1. The molecule has 0 N–H and O–H groups in total. The number of allylic oxidation sites excluding steroid dienone is 1. The molecule has 0 radical (unpaired) electrons. The lowest BCUT2D eigenvalue weighted by molar-refractivity contribution is 1.44. The van der Waals surface area contributed by atoms with Crippen molar-refractivity contribution in [3.63, 3.8) is 0 Å². The van der Waals surface area contributed by atoms with Gasteiger partial charge in [0.05, 0.1) is 0 Å². The van der Waals surface area contributed by atoms with Gasteiger partial charge in [0.2, 0.25) is 0 Å². The molecular formula is C12H12. The summed E-state index contributed by atoms with van der Waals surface area (Å²) in [6, 6.07) is 8.26. The highest BCUT2D eigenvalue weighted by Gasteiger charge is 1.88. The maximum absolute atomic E-state index is 2.89. The Morgan fingerprint density at radius 3 is 2.67 bits per heavy atom. The number of rotatable bonds is 1. The van der Waals surface area contributed by atoms with Crippen LogP contribution >= 0.6 is 0 Å². The first-order chi connectivity index (χ1) is 5.84. The van der Waals surface area contributed by atoms with Crippen LogP contribution in [0.1, 0.15) is 18.1 Å². The van der Waals surface area contributed by atoms with Crippen LogP contribution in [0, 0.1) is 18.8 Å². The molecule has 0 unspecified atom stereocenters. The third kappa shape index (κ3) is 2.29. The van der Waals surface area contributed by atoms with Crippen LogP contribution in [0.5, 0.6) is 0 Å². The second-order valence-corrected chi connectivity index (χ2v) is 2.58. The van der Waals surface area contributed by atoms with Gasteiger partial charge in [0.1, 0.15) is 0 Å². The van der Waals surface area contributed by atoms with Crippen LogP contribution in [0.15, 0.2) is 30.3 Å². The summed E-state index contributed by atoms with van der Waals surface area (Å²) in [5.41, 5.74) is 2.52. The first-order valence-corrected chi connectivity index (χ1v) is 3.99. The molecule has 0 heterocycles. The predicted octanol–water partition coefficient (Wildman–Crippen LogP) is 3.03. The molecule has 0 aliphatic heterocycles. The number of hydrogen-bond donors (Lipinski definition) is 0. The predicted molar refractivity (Wildman–Crippen MR) is 53.7 cm³/mol. The monoisotopic (exact) mass is 156 g/mol. The maximum atomic E-state index is 2.89. The molecule has 0 heteroatoms. The van der Waals surface area contributed by atoms with Gasteiger partial charge in [-0.05, 0) is 37.1 Å². The van der Waals surface area contributed by atoms with E-state index in [1.807, 2.05) is 31.2 Å². The molecule has 0 nitrogen and oxygen atoms in total. The lowest BCUT2D eigenvalue weighted by atomic mass is 10.1. The van der Waals surface area contributed by atoms with Crippen molar-refractivity contribution >= 4 is 6.08 Å². The molecule has 0 aliphatic rings. The standard InChI is InChI=1S/C12H12/c1-3-4-5-9-12-10-7-6-8-11(12)2/h5-10H,1-2H3. The van der Waals surface area contributed by atoms with E-state index >= 15 is 0 Å². The highest BCUT2D eigenvalue weighted by atomic mass is 13.9. The summed E-state index contributed by atoms with van der Waals surface area (Å²) in [6.07, 6.45) is 3.91. The topological polar surface area (TPSA) is 0 Å². The zero-order chi connectivity index (χ0) is 8.81. The average Bonchev–Trinajstić information content (AvgIpc) is 2.09. The summed E-state index contributed by atoms with van der Waals surface area (Å²) in [5, 5.41) is 0. The van der Waals surface area contributed by atoms with E-state index in [0.29, 0.717) is 0 Å². The van der Waals surface area contributed by atoms with Crippen LogP contribution in [-0.4, -0.2) is 0 Å². The average molecular weight is 156 g/mol. The zero-order valence-electron chi connectivity index (χ0n) is 7.46. The third-order valence-electron chi connectivity index (χ3n) is 1.68.